The minimum atomic E-state index is -0.344. The maximum Gasteiger partial charge on any atom is 0.269 e. The van der Waals surface area contributed by atoms with Crippen molar-refractivity contribution in [3.63, 3.8) is 0 Å². The van der Waals surface area contributed by atoms with Gasteiger partial charge in [0.1, 0.15) is 0 Å². The van der Waals surface area contributed by atoms with E-state index >= 15 is 0 Å². The average Bonchev–Trinajstić information content (AvgIpc) is 2.36. The van der Waals surface area contributed by atoms with E-state index in [1.54, 1.807) is 30.0 Å². The number of rotatable bonds is 8. The molecule has 1 aromatic carbocycles. The third-order valence-electron chi connectivity index (χ3n) is 2.61. The molecule has 1 aromatic rings. The molecule has 0 radical (unpaired) electrons. The monoisotopic (exact) mass is 283 g/mol. The number of nitro groups is 1. The van der Waals surface area contributed by atoms with Crippen molar-refractivity contribution in [3.05, 3.63) is 33.9 Å². The topological polar surface area (TPSA) is 58.4 Å². The maximum atomic E-state index is 10.8. The van der Waals surface area contributed by atoms with Crippen LogP contribution in [0.2, 0.25) is 0 Å². The summed E-state index contributed by atoms with van der Waals surface area (Å²) < 4.78 is 0. The molecule has 0 saturated heterocycles. The second-order valence-corrected chi connectivity index (χ2v) is 5.59. The van der Waals surface area contributed by atoms with Crippen molar-refractivity contribution >= 4 is 23.1 Å². The van der Waals surface area contributed by atoms with E-state index < -0.39 is 0 Å². The summed E-state index contributed by atoms with van der Waals surface area (Å²) in [4.78, 5) is 12.6. The Labute approximate surface area is 118 Å². The highest BCUT2D eigenvalue weighted by atomic mass is 32.2. The predicted octanol–water partition coefficient (Wildman–Crippen LogP) is 2.82. The molecule has 106 valence electrons. The molecule has 0 spiro atoms. The van der Waals surface area contributed by atoms with Crippen LogP contribution >= 0.6 is 11.8 Å². The van der Waals surface area contributed by atoms with Crippen molar-refractivity contribution < 1.29 is 4.92 Å². The second kappa shape index (κ2) is 8.01. The number of non-ortho nitro benzene ring substituents is 1. The number of benzene rings is 1. The Morgan fingerprint density at radius 2 is 2.16 bits per heavy atom. The fraction of sp³-hybridized carbons (Fsp3) is 0.538. The van der Waals surface area contributed by atoms with Gasteiger partial charge in [-0.2, -0.15) is 11.8 Å². The van der Waals surface area contributed by atoms with E-state index in [1.807, 2.05) is 21.0 Å². The van der Waals surface area contributed by atoms with Crippen LogP contribution in [0.5, 0.6) is 0 Å². The summed E-state index contributed by atoms with van der Waals surface area (Å²) in [5.41, 5.74) is 2.15. The van der Waals surface area contributed by atoms with Gasteiger partial charge in [0, 0.05) is 42.4 Å². The Morgan fingerprint density at radius 1 is 1.42 bits per heavy atom. The summed E-state index contributed by atoms with van der Waals surface area (Å²) >= 11 is 1.79. The smallest absolute Gasteiger partial charge is 0.269 e. The standard InChI is InChI=1S/C13H21N3O2S/c1-4-14-13-6-5-12(16(17)18)9-11(13)10-19-8-7-15(2)3/h5-6,9,14H,4,7-8,10H2,1-3H3. The number of hydrogen-bond donors (Lipinski definition) is 1. The highest BCUT2D eigenvalue weighted by molar-refractivity contribution is 7.98. The molecule has 0 heterocycles. The number of nitrogens with one attached hydrogen (secondary N) is 1. The van der Waals surface area contributed by atoms with E-state index in [-0.39, 0.29) is 10.6 Å². The van der Waals surface area contributed by atoms with Gasteiger partial charge in [0.25, 0.3) is 5.69 Å². The number of hydrogen-bond acceptors (Lipinski definition) is 5. The van der Waals surface area contributed by atoms with Crippen LogP contribution in [0.1, 0.15) is 12.5 Å². The lowest BCUT2D eigenvalue weighted by Gasteiger charge is -2.12. The quantitative estimate of drug-likeness (QED) is 0.451. The molecule has 0 aromatic heterocycles. The van der Waals surface area contributed by atoms with Crippen molar-refractivity contribution in [1.82, 2.24) is 4.90 Å². The molecule has 1 N–H and O–H groups in total. The van der Waals surface area contributed by atoms with Gasteiger partial charge in [-0.15, -0.1) is 0 Å². The van der Waals surface area contributed by atoms with Crippen molar-refractivity contribution in [2.75, 3.05) is 38.3 Å². The van der Waals surface area contributed by atoms with E-state index in [0.29, 0.717) is 0 Å². The molecule has 0 fully saturated rings. The Kier molecular flexibility index (Phi) is 6.66. The van der Waals surface area contributed by atoms with Gasteiger partial charge in [0.15, 0.2) is 0 Å². The first-order valence-corrected chi connectivity index (χ1v) is 7.43. The molecule has 0 aliphatic rings. The molecule has 5 nitrogen and oxygen atoms in total. The first-order chi connectivity index (χ1) is 9.04. The zero-order valence-electron chi connectivity index (χ0n) is 11.7. The molecule has 19 heavy (non-hydrogen) atoms. The Bertz CT molecular complexity index is 424. The van der Waals surface area contributed by atoms with Gasteiger partial charge in [-0.1, -0.05) is 0 Å². The minimum Gasteiger partial charge on any atom is -0.385 e. The van der Waals surface area contributed by atoms with Crippen LogP contribution in [0.3, 0.4) is 0 Å². The normalized spacial score (nSPS) is 10.7. The van der Waals surface area contributed by atoms with Gasteiger partial charge in [-0.3, -0.25) is 10.1 Å². The summed E-state index contributed by atoms with van der Waals surface area (Å²) in [5.74, 6) is 1.80. The number of nitrogens with zero attached hydrogens (tertiary/aromatic N) is 2. The fourth-order valence-corrected chi connectivity index (χ4v) is 2.70. The molecule has 0 amide bonds. The molecule has 0 aliphatic carbocycles. The molecule has 0 unspecified atom stereocenters. The average molecular weight is 283 g/mol. The highest BCUT2D eigenvalue weighted by Gasteiger charge is 2.10. The van der Waals surface area contributed by atoms with Crippen LogP contribution in [0.4, 0.5) is 11.4 Å². The number of nitro benzene ring substituents is 1. The highest BCUT2D eigenvalue weighted by Crippen LogP contribution is 2.25. The summed E-state index contributed by atoms with van der Waals surface area (Å²) in [7, 11) is 4.08. The van der Waals surface area contributed by atoms with Gasteiger partial charge in [-0.25, -0.2) is 0 Å². The molecular formula is C13H21N3O2S. The first kappa shape index (κ1) is 15.8. The largest absolute Gasteiger partial charge is 0.385 e. The van der Waals surface area contributed by atoms with Gasteiger partial charge >= 0.3 is 0 Å². The van der Waals surface area contributed by atoms with Crippen molar-refractivity contribution in [1.29, 1.82) is 0 Å². The van der Waals surface area contributed by atoms with Crippen molar-refractivity contribution in [3.8, 4) is 0 Å². The molecule has 0 aliphatic heterocycles. The van der Waals surface area contributed by atoms with Crippen LogP contribution in [-0.4, -0.2) is 42.8 Å². The molecule has 0 saturated carbocycles. The van der Waals surface area contributed by atoms with Crippen LogP contribution in [-0.2, 0) is 5.75 Å². The van der Waals surface area contributed by atoms with Crippen LogP contribution in [0.25, 0.3) is 0 Å². The Hall–Kier alpha value is -1.27. The van der Waals surface area contributed by atoms with Crippen LogP contribution in [0.15, 0.2) is 18.2 Å². The maximum absolute atomic E-state index is 10.8. The third kappa shape index (κ3) is 5.48. The van der Waals surface area contributed by atoms with Gasteiger partial charge in [0.05, 0.1) is 4.92 Å². The Balaban J connectivity index is 2.71. The predicted molar refractivity (Wildman–Crippen MR) is 82.0 cm³/mol. The van der Waals surface area contributed by atoms with E-state index in [4.69, 9.17) is 0 Å². The molecule has 0 bridgehead atoms. The summed E-state index contributed by atoms with van der Waals surface area (Å²) in [6, 6.07) is 5.01. The van der Waals surface area contributed by atoms with Crippen molar-refractivity contribution in [2.24, 2.45) is 0 Å². The van der Waals surface area contributed by atoms with E-state index in [0.717, 1.165) is 35.8 Å². The first-order valence-electron chi connectivity index (χ1n) is 6.28. The number of thioether (sulfide) groups is 1. The number of anilines is 1. The molecule has 0 atom stereocenters. The van der Waals surface area contributed by atoms with E-state index in [2.05, 4.69) is 10.2 Å². The van der Waals surface area contributed by atoms with Crippen LogP contribution < -0.4 is 5.32 Å². The molecule has 1 rings (SSSR count). The zero-order chi connectivity index (χ0) is 14.3. The lowest BCUT2D eigenvalue weighted by molar-refractivity contribution is -0.384. The second-order valence-electron chi connectivity index (χ2n) is 4.48. The van der Waals surface area contributed by atoms with Gasteiger partial charge in [0.2, 0.25) is 0 Å². The summed E-state index contributed by atoms with van der Waals surface area (Å²) in [6.45, 7) is 3.84. The fourth-order valence-electron chi connectivity index (χ4n) is 1.61. The van der Waals surface area contributed by atoms with E-state index in [9.17, 15) is 10.1 Å². The van der Waals surface area contributed by atoms with E-state index in [1.165, 1.54) is 0 Å². The zero-order valence-corrected chi connectivity index (χ0v) is 12.5. The SMILES string of the molecule is CCNc1ccc([N+](=O)[O-])cc1CSCCN(C)C. The lowest BCUT2D eigenvalue weighted by Crippen LogP contribution is -2.14. The third-order valence-corrected chi connectivity index (χ3v) is 3.59. The van der Waals surface area contributed by atoms with Crippen LogP contribution in [0, 0.1) is 10.1 Å². The van der Waals surface area contributed by atoms with Gasteiger partial charge < -0.3 is 10.2 Å². The summed E-state index contributed by atoms with van der Waals surface area (Å²) in [5, 5.41) is 14.1. The Morgan fingerprint density at radius 3 is 2.74 bits per heavy atom. The molecule has 6 heteroatoms. The van der Waals surface area contributed by atoms with Crippen molar-refractivity contribution in [2.45, 2.75) is 12.7 Å². The summed E-state index contributed by atoms with van der Waals surface area (Å²) in [6.07, 6.45) is 0. The minimum absolute atomic E-state index is 0.157. The van der Waals surface area contributed by atoms with Gasteiger partial charge in [-0.05, 0) is 32.6 Å². The molecular weight excluding hydrogens is 262 g/mol. The lowest BCUT2D eigenvalue weighted by atomic mass is 10.2.